The van der Waals surface area contributed by atoms with Crippen LogP contribution in [0.1, 0.15) is 40.5 Å². The Morgan fingerprint density at radius 1 is 0.955 bits per heavy atom. The van der Waals surface area contributed by atoms with E-state index in [2.05, 4.69) is 13.8 Å². The van der Waals surface area contributed by atoms with Crippen molar-refractivity contribution in [1.29, 1.82) is 0 Å². The highest BCUT2D eigenvalue weighted by Gasteiger charge is 2.05. The zero-order valence-corrected chi connectivity index (χ0v) is 15.1. The van der Waals surface area contributed by atoms with Gasteiger partial charge in [0.2, 0.25) is 5.91 Å². The predicted molar refractivity (Wildman–Crippen MR) is 89.7 cm³/mol. The topological polar surface area (TPSA) is 74.0 Å². The van der Waals surface area contributed by atoms with Crippen LogP contribution in [0.5, 0.6) is 0 Å². The van der Waals surface area contributed by atoms with E-state index in [9.17, 15) is 4.79 Å². The van der Waals surface area contributed by atoms with Crippen molar-refractivity contribution in [1.82, 2.24) is 4.90 Å². The van der Waals surface area contributed by atoms with Crippen molar-refractivity contribution >= 4 is 5.91 Å². The van der Waals surface area contributed by atoms with Gasteiger partial charge in [0, 0.05) is 13.7 Å². The summed E-state index contributed by atoms with van der Waals surface area (Å²) in [4.78, 5) is 12.8. The summed E-state index contributed by atoms with van der Waals surface area (Å²) in [5.74, 6) is 0.664. The van der Waals surface area contributed by atoms with Crippen LogP contribution < -0.4 is 5.73 Å². The maximum atomic E-state index is 11.4. The highest BCUT2D eigenvalue weighted by Crippen LogP contribution is 1.98. The van der Waals surface area contributed by atoms with Crippen molar-refractivity contribution in [3.8, 4) is 0 Å². The number of nitrogens with zero attached hydrogens (tertiary/aromatic N) is 1. The Balaban J connectivity index is 0. The fraction of sp³-hybridized carbons (Fsp3) is 0.938. The van der Waals surface area contributed by atoms with E-state index in [1.54, 1.807) is 7.05 Å². The Bertz CT molecular complexity index is 238. The van der Waals surface area contributed by atoms with Crippen LogP contribution in [0.3, 0.4) is 0 Å². The van der Waals surface area contributed by atoms with E-state index in [4.69, 9.17) is 19.9 Å². The summed E-state index contributed by atoms with van der Waals surface area (Å²) >= 11 is 0. The van der Waals surface area contributed by atoms with Gasteiger partial charge in [-0.05, 0) is 12.3 Å². The molecule has 6 heteroatoms. The molecule has 0 atom stereocenters. The molecule has 0 saturated heterocycles. The average Bonchev–Trinajstić information content (AvgIpc) is 2.53. The first-order valence-electron chi connectivity index (χ1n) is 8.25. The molecule has 0 aliphatic heterocycles. The predicted octanol–water partition coefficient (Wildman–Crippen LogP) is 1.87. The normalized spacial score (nSPS) is 10.3. The number of hydrogen-bond acceptors (Lipinski definition) is 5. The minimum absolute atomic E-state index is 0.00743. The van der Waals surface area contributed by atoms with Gasteiger partial charge >= 0.3 is 0 Å². The summed E-state index contributed by atoms with van der Waals surface area (Å²) in [7, 11) is 1.67. The summed E-state index contributed by atoms with van der Waals surface area (Å²) in [6.45, 7) is 12.0. The molecule has 1 amide bonds. The molecule has 0 radical (unpaired) electrons. The smallest absolute Gasteiger partial charge is 0.225 e. The molecular formula is C16H36N2O4. The number of carbonyl (C=O) groups is 1. The van der Waals surface area contributed by atoms with E-state index in [1.165, 1.54) is 4.90 Å². The molecule has 0 rings (SSSR count). The van der Waals surface area contributed by atoms with Crippen LogP contribution in [0.4, 0.5) is 0 Å². The molecule has 0 aromatic carbocycles. The molecule has 0 spiro atoms. The summed E-state index contributed by atoms with van der Waals surface area (Å²) in [5.41, 5.74) is 5.34. The Labute approximate surface area is 136 Å². The van der Waals surface area contributed by atoms with Crippen molar-refractivity contribution in [2.75, 3.05) is 53.4 Å². The van der Waals surface area contributed by atoms with E-state index in [1.807, 2.05) is 13.8 Å². The highest BCUT2D eigenvalue weighted by atomic mass is 16.5. The molecule has 0 bridgehead atoms. The van der Waals surface area contributed by atoms with Crippen LogP contribution in [-0.4, -0.2) is 64.2 Å². The molecule has 0 unspecified atom stereocenters. The van der Waals surface area contributed by atoms with E-state index >= 15 is 0 Å². The lowest BCUT2D eigenvalue weighted by atomic mass is 10.1. The van der Waals surface area contributed by atoms with E-state index < -0.39 is 0 Å². The van der Waals surface area contributed by atoms with Crippen molar-refractivity contribution in [3.63, 3.8) is 0 Å². The van der Waals surface area contributed by atoms with Gasteiger partial charge in [-0.2, -0.15) is 0 Å². The maximum absolute atomic E-state index is 11.4. The molecule has 134 valence electrons. The van der Waals surface area contributed by atoms with Crippen LogP contribution in [0, 0.1) is 5.92 Å². The van der Waals surface area contributed by atoms with Gasteiger partial charge in [-0.15, -0.1) is 0 Å². The molecule has 0 aromatic heterocycles. The monoisotopic (exact) mass is 320 g/mol. The first-order valence-corrected chi connectivity index (χ1v) is 8.25. The second-order valence-electron chi connectivity index (χ2n) is 5.04. The van der Waals surface area contributed by atoms with Gasteiger partial charge in [0.1, 0.15) is 0 Å². The standard InChI is InChI=1S/C14H30N2O4.C2H6/c1-13(2)4-6-18-8-10-20-11-9-19-7-5-14(17)16(3)12-15;1-2/h13H,4-12,15H2,1-3H3;1-2H3. The first-order chi connectivity index (χ1) is 10.6. The Morgan fingerprint density at radius 2 is 1.41 bits per heavy atom. The van der Waals surface area contributed by atoms with Crippen molar-refractivity contribution in [3.05, 3.63) is 0 Å². The molecular weight excluding hydrogens is 284 g/mol. The lowest BCUT2D eigenvalue weighted by molar-refractivity contribution is -0.131. The Kier molecular flexibility index (Phi) is 19.7. The fourth-order valence-electron chi connectivity index (χ4n) is 1.31. The minimum Gasteiger partial charge on any atom is -0.379 e. The number of amides is 1. The van der Waals surface area contributed by atoms with Gasteiger partial charge in [0.15, 0.2) is 0 Å². The number of rotatable bonds is 13. The Hall–Kier alpha value is -0.690. The third kappa shape index (κ3) is 17.4. The van der Waals surface area contributed by atoms with Gasteiger partial charge in [-0.1, -0.05) is 27.7 Å². The van der Waals surface area contributed by atoms with Crippen LogP contribution in [0.15, 0.2) is 0 Å². The zero-order valence-electron chi connectivity index (χ0n) is 15.1. The summed E-state index contributed by atoms with van der Waals surface area (Å²) in [6.07, 6.45) is 1.43. The van der Waals surface area contributed by atoms with Gasteiger partial charge in [-0.25, -0.2) is 0 Å². The molecule has 2 N–H and O–H groups in total. The van der Waals surface area contributed by atoms with Crippen molar-refractivity contribution in [2.24, 2.45) is 11.7 Å². The lowest BCUT2D eigenvalue weighted by Gasteiger charge is -2.13. The van der Waals surface area contributed by atoms with Crippen LogP contribution in [0.25, 0.3) is 0 Å². The number of ether oxygens (including phenoxy) is 3. The molecule has 0 fully saturated rings. The highest BCUT2D eigenvalue weighted by molar-refractivity contribution is 5.75. The average molecular weight is 320 g/mol. The van der Waals surface area contributed by atoms with Crippen molar-refractivity contribution in [2.45, 2.75) is 40.5 Å². The van der Waals surface area contributed by atoms with Crippen LogP contribution >= 0.6 is 0 Å². The van der Waals surface area contributed by atoms with Crippen molar-refractivity contribution < 1.29 is 19.0 Å². The lowest BCUT2D eigenvalue weighted by Crippen LogP contribution is -2.32. The molecule has 22 heavy (non-hydrogen) atoms. The third-order valence-electron chi connectivity index (χ3n) is 2.74. The van der Waals surface area contributed by atoms with Gasteiger partial charge in [0.05, 0.1) is 46.1 Å². The van der Waals surface area contributed by atoms with E-state index in [0.29, 0.717) is 45.4 Å². The number of nitrogens with two attached hydrogens (primary N) is 1. The quantitative estimate of drug-likeness (QED) is 0.414. The second-order valence-corrected chi connectivity index (χ2v) is 5.04. The van der Waals surface area contributed by atoms with Gasteiger partial charge in [0.25, 0.3) is 0 Å². The molecule has 0 aromatic rings. The molecule has 0 aliphatic rings. The molecule has 0 saturated carbocycles. The first kappa shape index (κ1) is 23.6. The summed E-state index contributed by atoms with van der Waals surface area (Å²) < 4.78 is 16.1. The molecule has 6 nitrogen and oxygen atoms in total. The third-order valence-corrected chi connectivity index (χ3v) is 2.74. The van der Waals surface area contributed by atoms with Gasteiger partial charge in [-0.3, -0.25) is 4.79 Å². The molecule has 0 aliphatic carbocycles. The summed E-state index contributed by atoms with van der Waals surface area (Å²) in [6, 6.07) is 0. The Morgan fingerprint density at radius 3 is 1.86 bits per heavy atom. The van der Waals surface area contributed by atoms with E-state index in [0.717, 1.165) is 13.0 Å². The maximum Gasteiger partial charge on any atom is 0.225 e. The largest absolute Gasteiger partial charge is 0.379 e. The number of hydrogen-bond donors (Lipinski definition) is 1. The minimum atomic E-state index is -0.00743. The van der Waals surface area contributed by atoms with Crippen LogP contribution in [0.2, 0.25) is 0 Å². The summed E-state index contributed by atoms with van der Waals surface area (Å²) in [5, 5.41) is 0. The molecule has 0 heterocycles. The van der Waals surface area contributed by atoms with E-state index in [-0.39, 0.29) is 12.6 Å². The SMILES string of the molecule is CC.CC(C)CCOCCOCCOCCC(=O)N(C)CN. The fourth-order valence-corrected chi connectivity index (χ4v) is 1.31. The second kappa shape index (κ2) is 18.4. The zero-order chi connectivity index (χ0) is 17.2. The van der Waals surface area contributed by atoms with Gasteiger partial charge < -0.3 is 24.8 Å². The van der Waals surface area contributed by atoms with Crippen LogP contribution in [-0.2, 0) is 19.0 Å². The number of carbonyl (C=O) groups excluding carboxylic acids is 1.